The van der Waals surface area contributed by atoms with Gasteiger partial charge < -0.3 is 10.4 Å². The van der Waals surface area contributed by atoms with Gasteiger partial charge in [-0.05, 0) is 36.8 Å². The smallest absolute Gasteiger partial charge is 0.342 e. The SMILES string of the molecule is CC1CCC(Nc2ccc([N+](=O)[O-])c(C(=O)O)c2)C1C. The maximum atomic E-state index is 11.1. The number of anilines is 1. The number of nitrogens with one attached hydrogen (secondary N) is 1. The van der Waals surface area contributed by atoms with Gasteiger partial charge in [-0.15, -0.1) is 0 Å². The van der Waals surface area contributed by atoms with E-state index in [1.54, 1.807) is 6.07 Å². The fourth-order valence-electron chi connectivity index (χ4n) is 2.74. The highest BCUT2D eigenvalue weighted by Crippen LogP contribution is 2.34. The minimum absolute atomic E-state index is 0.279. The van der Waals surface area contributed by atoms with Crippen LogP contribution in [-0.2, 0) is 0 Å². The highest BCUT2D eigenvalue weighted by Gasteiger charge is 2.30. The van der Waals surface area contributed by atoms with E-state index >= 15 is 0 Å². The second-order valence-electron chi connectivity index (χ2n) is 5.46. The van der Waals surface area contributed by atoms with Crippen LogP contribution in [0.15, 0.2) is 18.2 Å². The van der Waals surface area contributed by atoms with Crippen molar-refractivity contribution in [3.05, 3.63) is 33.9 Å². The molecule has 3 atom stereocenters. The molecule has 2 N–H and O–H groups in total. The average Bonchev–Trinajstić information content (AvgIpc) is 2.70. The molecule has 0 amide bonds. The molecule has 1 saturated carbocycles. The maximum Gasteiger partial charge on any atom is 0.342 e. The number of benzene rings is 1. The Morgan fingerprint density at radius 1 is 1.40 bits per heavy atom. The maximum absolute atomic E-state index is 11.1. The van der Waals surface area contributed by atoms with E-state index in [4.69, 9.17) is 5.11 Å². The first-order valence-electron chi connectivity index (χ1n) is 6.68. The van der Waals surface area contributed by atoms with Crippen LogP contribution in [0.25, 0.3) is 0 Å². The lowest BCUT2D eigenvalue weighted by atomic mass is 9.97. The van der Waals surface area contributed by atoms with Crippen molar-refractivity contribution in [2.45, 2.75) is 32.7 Å². The molecular weight excluding hydrogens is 260 g/mol. The van der Waals surface area contributed by atoms with Gasteiger partial charge in [0.05, 0.1) is 4.92 Å². The van der Waals surface area contributed by atoms with Crippen LogP contribution in [0.5, 0.6) is 0 Å². The molecule has 3 unspecified atom stereocenters. The number of carboxylic acids is 1. The molecule has 0 aliphatic heterocycles. The largest absolute Gasteiger partial charge is 0.477 e. The van der Waals surface area contributed by atoms with Crippen molar-refractivity contribution in [1.29, 1.82) is 0 Å². The summed E-state index contributed by atoms with van der Waals surface area (Å²) in [6, 6.07) is 4.44. The van der Waals surface area contributed by atoms with Gasteiger partial charge in [0.2, 0.25) is 0 Å². The molecule has 0 spiro atoms. The Morgan fingerprint density at radius 3 is 2.60 bits per heavy atom. The summed E-state index contributed by atoms with van der Waals surface area (Å²) in [5.74, 6) is -0.156. The van der Waals surface area contributed by atoms with E-state index in [9.17, 15) is 14.9 Å². The number of nitrogens with zero attached hydrogens (tertiary/aromatic N) is 1. The summed E-state index contributed by atoms with van der Waals surface area (Å²) in [5, 5.41) is 23.2. The first-order valence-corrected chi connectivity index (χ1v) is 6.68. The average molecular weight is 278 g/mol. The molecule has 1 aliphatic carbocycles. The summed E-state index contributed by atoms with van der Waals surface area (Å²) >= 11 is 0. The lowest BCUT2D eigenvalue weighted by Gasteiger charge is -2.21. The standard InChI is InChI=1S/C14H18N2O4/c1-8-3-5-12(9(8)2)15-10-4-6-13(16(19)20)11(7-10)14(17)18/h4,6-9,12,15H,3,5H2,1-2H3,(H,17,18). The molecule has 0 bridgehead atoms. The van der Waals surface area contributed by atoms with Crippen molar-refractivity contribution >= 4 is 17.3 Å². The highest BCUT2D eigenvalue weighted by molar-refractivity contribution is 5.93. The first-order chi connectivity index (χ1) is 9.40. The van der Waals surface area contributed by atoms with Crippen molar-refractivity contribution in [3.8, 4) is 0 Å². The molecule has 1 aromatic rings. The molecular formula is C14H18N2O4. The summed E-state index contributed by atoms with van der Waals surface area (Å²) in [6.07, 6.45) is 2.17. The number of rotatable bonds is 4. The van der Waals surface area contributed by atoms with Crippen molar-refractivity contribution < 1.29 is 14.8 Å². The fourth-order valence-corrected chi connectivity index (χ4v) is 2.74. The van der Waals surface area contributed by atoms with Crippen LogP contribution in [0.2, 0.25) is 0 Å². The van der Waals surface area contributed by atoms with Gasteiger partial charge in [-0.25, -0.2) is 4.79 Å². The van der Waals surface area contributed by atoms with E-state index < -0.39 is 10.9 Å². The normalized spacial score (nSPS) is 25.4. The monoisotopic (exact) mass is 278 g/mol. The van der Waals surface area contributed by atoms with Gasteiger partial charge in [-0.3, -0.25) is 10.1 Å². The molecule has 1 aliphatic rings. The highest BCUT2D eigenvalue weighted by atomic mass is 16.6. The zero-order valence-electron chi connectivity index (χ0n) is 11.5. The molecule has 0 saturated heterocycles. The lowest BCUT2D eigenvalue weighted by molar-refractivity contribution is -0.385. The van der Waals surface area contributed by atoms with Crippen molar-refractivity contribution in [3.63, 3.8) is 0 Å². The van der Waals surface area contributed by atoms with Crippen LogP contribution >= 0.6 is 0 Å². The third-order valence-corrected chi connectivity index (χ3v) is 4.24. The molecule has 1 aromatic carbocycles. The molecule has 20 heavy (non-hydrogen) atoms. The van der Waals surface area contributed by atoms with Crippen molar-refractivity contribution in [1.82, 2.24) is 0 Å². The van der Waals surface area contributed by atoms with Gasteiger partial charge >= 0.3 is 5.97 Å². The minimum atomic E-state index is -1.28. The third-order valence-electron chi connectivity index (χ3n) is 4.24. The number of aromatic carboxylic acids is 1. The van der Waals surface area contributed by atoms with Crippen LogP contribution in [0.4, 0.5) is 11.4 Å². The molecule has 108 valence electrons. The van der Waals surface area contributed by atoms with Gasteiger partial charge in [0.1, 0.15) is 5.56 Å². The van der Waals surface area contributed by atoms with Crippen LogP contribution in [0.3, 0.4) is 0 Å². The Labute approximate surface area is 117 Å². The van der Waals surface area contributed by atoms with Gasteiger partial charge in [-0.2, -0.15) is 0 Å². The van der Waals surface area contributed by atoms with E-state index in [2.05, 4.69) is 19.2 Å². The Balaban J connectivity index is 2.24. The van der Waals surface area contributed by atoms with E-state index in [-0.39, 0.29) is 17.3 Å². The summed E-state index contributed by atoms with van der Waals surface area (Å²) < 4.78 is 0. The molecule has 1 fully saturated rings. The van der Waals surface area contributed by atoms with E-state index in [1.807, 2.05) is 0 Å². The van der Waals surface area contributed by atoms with Crippen LogP contribution in [-0.4, -0.2) is 22.0 Å². The predicted molar refractivity (Wildman–Crippen MR) is 75.0 cm³/mol. The Kier molecular flexibility index (Phi) is 3.92. The summed E-state index contributed by atoms with van der Waals surface area (Å²) in [7, 11) is 0. The summed E-state index contributed by atoms with van der Waals surface area (Å²) in [5.41, 5.74) is -0.0338. The quantitative estimate of drug-likeness (QED) is 0.652. The van der Waals surface area contributed by atoms with Gasteiger partial charge in [0, 0.05) is 17.8 Å². The first kappa shape index (κ1) is 14.3. The van der Waals surface area contributed by atoms with Gasteiger partial charge in [-0.1, -0.05) is 13.8 Å². The Morgan fingerprint density at radius 2 is 2.10 bits per heavy atom. The summed E-state index contributed by atoms with van der Waals surface area (Å²) in [4.78, 5) is 21.2. The van der Waals surface area contributed by atoms with E-state index in [0.29, 0.717) is 17.5 Å². The number of hydrogen-bond acceptors (Lipinski definition) is 4. The molecule has 0 aromatic heterocycles. The Bertz CT molecular complexity index is 544. The third kappa shape index (κ3) is 2.74. The number of nitro benzene ring substituents is 1. The van der Waals surface area contributed by atoms with Gasteiger partial charge in [0.25, 0.3) is 5.69 Å². The molecule has 6 nitrogen and oxygen atoms in total. The van der Waals surface area contributed by atoms with E-state index in [0.717, 1.165) is 12.8 Å². The molecule has 0 radical (unpaired) electrons. The van der Waals surface area contributed by atoms with Crippen LogP contribution in [0.1, 0.15) is 37.0 Å². The van der Waals surface area contributed by atoms with E-state index in [1.165, 1.54) is 12.1 Å². The number of hydrogen-bond donors (Lipinski definition) is 2. The Hall–Kier alpha value is -2.11. The number of carboxylic acid groups (broad SMARTS) is 1. The van der Waals surface area contributed by atoms with Crippen LogP contribution in [0, 0.1) is 22.0 Å². The lowest BCUT2D eigenvalue weighted by Crippen LogP contribution is -2.24. The molecule has 2 rings (SSSR count). The molecule has 0 heterocycles. The number of carbonyl (C=O) groups is 1. The van der Waals surface area contributed by atoms with Crippen LogP contribution < -0.4 is 5.32 Å². The minimum Gasteiger partial charge on any atom is -0.477 e. The zero-order chi connectivity index (χ0) is 14.9. The topological polar surface area (TPSA) is 92.5 Å². The fraction of sp³-hybridized carbons (Fsp3) is 0.500. The zero-order valence-corrected chi connectivity index (χ0v) is 11.5. The second-order valence-corrected chi connectivity index (χ2v) is 5.46. The predicted octanol–water partition coefficient (Wildman–Crippen LogP) is 3.14. The van der Waals surface area contributed by atoms with Crippen molar-refractivity contribution in [2.75, 3.05) is 5.32 Å². The number of nitro groups is 1. The van der Waals surface area contributed by atoms with Gasteiger partial charge in [0.15, 0.2) is 0 Å². The molecule has 6 heteroatoms. The second kappa shape index (κ2) is 5.48. The van der Waals surface area contributed by atoms with Crippen molar-refractivity contribution in [2.24, 2.45) is 11.8 Å². The summed E-state index contributed by atoms with van der Waals surface area (Å²) in [6.45, 7) is 4.36.